The van der Waals surface area contributed by atoms with Crippen molar-refractivity contribution in [3.05, 3.63) is 0 Å². The molecule has 0 aliphatic rings. The van der Waals surface area contributed by atoms with Crippen molar-refractivity contribution < 1.29 is 88.2 Å². The van der Waals surface area contributed by atoms with Crippen LogP contribution in [0.5, 0.6) is 0 Å². The molecule has 0 aromatic carbocycles. The van der Waals surface area contributed by atoms with Crippen LogP contribution in [0.3, 0.4) is 0 Å². The van der Waals surface area contributed by atoms with Crippen molar-refractivity contribution in [2.45, 2.75) is 127 Å². The lowest BCUT2D eigenvalue weighted by Gasteiger charge is -2.25. The van der Waals surface area contributed by atoms with Crippen molar-refractivity contribution in [2.75, 3.05) is 0 Å². The van der Waals surface area contributed by atoms with E-state index in [1.807, 2.05) is 0 Å². The zero-order valence-electron chi connectivity index (χ0n) is 30.7. The minimum atomic E-state index is -1.70. The summed E-state index contributed by atoms with van der Waals surface area (Å²) in [5, 5.41) is 61.7. The molecule has 56 heavy (non-hydrogen) atoms. The molecule has 0 saturated heterocycles. The van der Waals surface area contributed by atoms with Crippen LogP contribution in [0.4, 0.5) is 0 Å². The van der Waals surface area contributed by atoms with Crippen LogP contribution < -0.4 is 21.7 Å². The first-order chi connectivity index (χ1) is 26.1. The maximum Gasteiger partial charge on any atom is 0.303 e. The monoisotopic (exact) mass is 802 g/mol. The molecule has 22 heteroatoms. The van der Waals surface area contributed by atoms with Crippen LogP contribution in [-0.4, -0.2) is 126 Å². The Morgan fingerprint density at radius 2 is 0.679 bits per heavy atom. The number of rotatable bonds is 32. The van der Waals surface area contributed by atoms with E-state index in [2.05, 4.69) is 16.0 Å². The summed E-state index contributed by atoms with van der Waals surface area (Å²) in [5.41, 5.74) is 5.69. The normalized spacial score (nSPS) is 14.0. The summed E-state index contributed by atoms with van der Waals surface area (Å²) >= 11 is 0. The Bertz CT molecular complexity index is 1480. The fraction of sp³-hybridized carbons (Fsp3) is 0.647. The van der Waals surface area contributed by atoms with Crippen LogP contribution in [0, 0.1) is 11.8 Å². The first kappa shape index (κ1) is 50.2. The third-order valence-electron chi connectivity index (χ3n) is 8.46. The Morgan fingerprint density at radius 1 is 0.411 bits per heavy atom. The lowest BCUT2D eigenvalue weighted by molar-refractivity contribution is -0.141. The molecule has 6 atom stereocenters. The molecule has 0 unspecified atom stereocenters. The number of carbonyl (C=O) groups excluding carboxylic acids is 6. The third-order valence-corrected chi connectivity index (χ3v) is 8.46. The summed E-state index contributed by atoms with van der Waals surface area (Å²) in [6.45, 7) is 1.45. The fourth-order valence-corrected chi connectivity index (χ4v) is 5.28. The van der Waals surface area contributed by atoms with Crippen LogP contribution >= 0.6 is 0 Å². The molecule has 0 heterocycles. The van der Waals surface area contributed by atoms with Gasteiger partial charge < -0.3 is 52.3 Å². The highest BCUT2D eigenvalue weighted by molar-refractivity contribution is 5.97. The van der Waals surface area contributed by atoms with Gasteiger partial charge in [0.1, 0.15) is 0 Å². The SMILES string of the molecule is CCC(=O)[C@H](CCC(=O)O)NC(=O)[C@H](CCC(=O)O)CC(=O)[C@H](CCC(=O)O)NC(=O)[C@H](CCC(=O)O)CC(=O)[C@H](CCC(=O)O)NC(=O)[C@@H](N)CCC(=O)O. The fourth-order valence-electron chi connectivity index (χ4n) is 5.28. The van der Waals surface area contributed by atoms with Gasteiger partial charge in [-0.2, -0.15) is 0 Å². The quantitative estimate of drug-likeness (QED) is 0.0393. The number of carboxylic acid groups (broad SMARTS) is 6. The molecular formula is C34H50N4O18. The van der Waals surface area contributed by atoms with E-state index < -0.39 is 184 Å². The van der Waals surface area contributed by atoms with Crippen LogP contribution in [-0.2, 0) is 57.5 Å². The summed E-state index contributed by atoms with van der Waals surface area (Å²) < 4.78 is 0. The highest BCUT2D eigenvalue weighted by Crippen LogP contribution is 2.20. The van der Waals surface area contributed by atoms with E-state index in [0.717, 1.165) is 0 Å². The number of carbonyl (C=O) groups is 12. The van der Waals surface area contributed by atoms with Gasteiger partial charge in [-0.05, 0) is 38.5 Å². The second kappa shape index (κ2) is 26.1. The van der Waals surface area contributed by atoms with E-state index >= 15 is 0 Å². The van der Waals surface area contributed by atoms with Gasteiger partial charge in [0.2, 0.25) is 17.7 Å². The molecule has 0 saturated carbocycles. The number of aliphatic carboxylic acids is 6. The smallest absolute Gasteiger partial charge is 0.303 e. The van der Waals surface area contributed by atoms with E-state index in [1.165, 1.54) is 6.92 Å². The first-order valence-corrected chi connectivity index (χ1v) is 17.6. The number of hydrogen-bond donors (Lipinski definition) is 10. The Kier molecular flexibility index (Phi) is 23.4. The molecule has 0 radical (unpaired) electrons. The third kappa shape index (κ3) is 21.8. The average molecular weight is 803 g/mol. The van der Waals surface area contributed by atoms with Crippen LogP contribution in [0.15, 0.2) is 0 Å². The molecule has 0 fully saturated rings. The Morgan fingerprint density at radius 3 is 0.982 bits per heavy atom. The minimum Gasteiger partial charge on any atom is -0.481 e. The maximum absolute atomic E-state index is 13.6. The number of ketones is 3. The van der Waals surface area contributed by atoms with E-state index in [4.69, 9.17) is 21.1 Å². The maximum atomic E-state index is 13.6. The molecule has 0 spiro atoms. The second-order valence-electron chi connectivity index (χ2n) is 12.9. The standard InChI is InChI=1S/C34H50N4O18/c1-2-23(39)20(6-12-29(48)49)36-32(54)17(3-9-26(42)43)15-24(40)21(7-13-30(50)51)37-33(55)18(4-10-27(44)45)16-25(41)22(8-14-31(52)53)38-34(56)19(35)5-11-28(46)47/h17-22H,2-16,35H2,1H3,(H,36,54)(H,37,55)(H,38,56)(H,42,43)(H,44,45)(H,46,47)(H,48,49)(H,50,51)(H,52,53)/t17-,18-,19+,20+,21+,22+/m1/s1. The number of nitrogens with two attached hydrogens (primary N) is 1. The van der Waals surface area contributed by atoms with E-state index in [-0.39, 0.29) is 19.3 Å². The summed E-state index contributed by atoms with van der Waals surface area (Å²) in [4.78, 5) is 146. The number of nitrogens with one attached hydrogen (secondary N) is 3. The van der Waals surface area contributed by atoms with Gasteiger partial charge in [-0.3, -0.25) is 57.5 Å². The molecular weight excluding hydrogens is 752 g/mol. The topological polar surface area (TPSA) is 388 Å². The van der Waals surface area contributed by atoms with Crippen molar-refractivity contribution in [1.29, 1.82) is 0 Å². The molecule has 0 aromatic rings. The summed E-state index contributed by atoms with van der Waals surface area (Å²) in [5.74, 6) is -16.8. The van der Waals surface area contributed by atoms with Crippen LogP contribution in [0.2, 0.25) is 0 Å². The van der Waals surface area contributed by atoms with E-state index in [9.17, 15) is 72.9 Å². The largest absolute Gasteiger partial charge is 0.481 e. The van der Waals surface area contributed by atoms with Gasteiger partial charge in [0.05, 0.1) is 24.2 Å². The molecule has 0 rings (SSSR count). The highest BCUT2D eigenvalue weighted by Gasteiger charge is 2.34. The van der Waals surface area contributed by atoms with Crippen molar-refractivity contribution >= 4 is 70.9 Å². The molecule has 22 nitrogen and oxygen atoms in total. The van der Waals surface area contributed by atoms with Gasteiger partial charge in [0.15, 0.2) is 17.3 Å². The predicted octanol–water partition coefficient (Wildman–Crippen LogP) is -0.913. The number of hydrogen-bond acceptors (Lipinski definition) is 13. The molecule has 0 aliphatic carbocycles. The zero-order chi connectivity index (χ0) is 43.1. The van der Waals surface area contributed by atoms with Crippen molar-refractivity contribution in [1.82, 2.24) is 16.0 Å². The second-order valence-corrected chi connectivity index (χ2v) is 12.9. The molecule has 11 N–H and O–H groups in total. The first-order valence-electron chi connectivity index (χ1n) is 17.6. The van der Waals surface area contributed by atoms with Crippen molar-refractivity contribution in [3.8, 4) is 0 Å². The van der Waals surface area contributed by atoms with Gasteiger partial charge in [-0.25, -0.2) is 0 Å². The molecule has 3 amide bonds. The van der Waals surface area contributed by atoms with E-state index in [0.29, 0.717) is 0 Å². The van der Waals surface area contributed by atoms with Crippen molar-refractivity contribution in [2.24, 2.45) is 17.6 Å². The summed E-state index contributed by atoms with van der Waals surface area (Å²) in [6, 6.07) is -6.02. The number of carboxylic acids is 6. The molecule has 0 aromatic heterocycles. The van der Waals surface area contributed by atoms with Crippen molar-refractivity contribution in [3.63, 3.8) is 0 Å². The van der Waals surface area contributed by atoms with Gasteiger partial charge in [0, 0.05) is 69.6 Å². The Labute approximate surface area is 319 Å². The number of amides is 3. The lowest BCUT2D eigenvalue weighted by Crippen LogP contribution is -2.50. The Hall–Kier alpha value is -5.80. The summed E-state index contributed by atoms with van der Waals surface area (Å²) in [7, 11) is 0. The minimum absolute atomic E-state index is 0.106. The van der Waals surface area contributed by atoms with Crippen LogP contribution in [0.25, 0.3) is 0 Å². The highest BCUT2D eigenvalue weighted by atomic mass is 16.4. The molecule has 0 aliphatic heterocycles. The average Bonchev–Trinajstić information content (AvgIpc) is 3.10. The van der Waals surface area contributed by atoms with Gasteiger partial charge in [0.25, 0.3) is 0 Å². The van der Waals surface area contributed by atoms with Gasteiger partial charge >= 0.3 is 35.8 Å². The predicted molar refractivity (Wildman–Crippen MR) is 187 cm³/mol. The van der Waals surface area contributed by atoms with Gasteiger partial charge in [-0.15, -0.1) is 0 Å². The zero-order valence-corrected chi connectivity index (χ0v) is 30.7. The van der Waals surface area contributed by atoms with E-state index in [1.54, 1.807) is 0 Å². The van der Waals surface area contributed by atoms with Crippen LogP contribution in [0.1, 0.15) is 103 Å². The lowest BCUT2D eigenvalue weighted by atomic mass is 9.89. The molecule has 0 bridgehead atoms. The summed E-state index contributed by atoms with van der Waals surface area (Å²) in [6.07, 6.45) is -8.32. The molecule has 314 valence electrons. The van der Waals surface area contributed by atoms with Gasteiger partial charge in [-0.1, -0.05) is 6.92 Å². The Balaban J connectivity index is 6.45. The number of Topliss-reactive ketones (excluding diaryl/α,β-unsaturated/α-hetero) is 3.